The largest absolute Gasteiger partial charge is 0.334 e. The molecule has 2 saturated heterocycles. The van der Waals surface area contributed by atoms with Gasteiger partial charge in [-0.1, -0.05) is 6.92 Å². The monoisotopic (exact) mass is 457 g/mol. The van der Waals surface area contributed by atoms with E-state index in [0.717, 1.165) is 18.2 Å². The fourth-order valence-electron chi connectivity index (χ4n) is 4.12. The van der Waals surface area contributed by atoms with Gasteiger partial charge in [-0.15, -0.1) is 0 Å². The molecule has 2 heterocycles. The van der Waals surface area contributed by atoms with Gasteiger partial charge in [0.05, 0.1) is 11.5 Å². The minimum Gasteiger partial charge on any atom is -0.334 e. The summed E-state index contributed by atoms with van der Waals surface area (Å²) in [6.07, 6.45) is 0.833. The molecule has 0 radical (unpaired) electrons. The highest BCUT2D eigenvalue weighted by Gasteiger charge is 2.51. The fraction of sp³-hybridized carbons (Fsp3) is 0.550. The zero-order valence-corrected chi connectivity index (χ0v) is 18.3. The molecule has 1 aromatic carbocycles. The molecule has 0 aromatic heterocycles. The van der Waals surface area contributed by atoms with Crippen LogP contribution >= 0.6 is 0 Å². The topological polar surface area (TPSA) is 104 Å². The molecule has 2 fully saturated rings. The first kappa shape index (κ1) is 23.1. The number of imide groups is 1. The zero-order chi connectivity index (χ0) is 23.1. The maximum atomic E-state index is 14.3. The number of urea groups is 1. The SMILES string of the molecule is CCC(C)N(C(=O)CN1C(=O)NC(C)(c2cc(F)ccc2F)C1=O)C1CCS(=O)(=O)C1. The van der Waals surface area contributed by atoms with Crippen LogP contribution in [-0.4, -0.2) is 66.2 Å². The molecule has 3 rings (SSSR count). The number of hydrogen-bond acceptors (Lipinski definition) is 5. The fourth-order valence-corrected chi connectivity index (χ4v) is 5.83. The lowest BCUT2D eigenvalue weighted by molar-refractivity contribution is -0.141. The Morgan fingerprint density at radius 1 is 1.35 bits per heavy atom. The molecule has 2 aliphatic heterocycles. The number of rotatable bonds is 6. The van der Waals surface area contributed by atoms with Crippen LogP contribution in [0.2, 0.25) is 0 Å². The van der Waals surface area contributed by atoms with Crippen molar-refractivity contribution >= 4 is 27.7 Å². The van der Waals surface area contributed by atoms with E-state index in [9.17, 15) is 31.6 Å². The van der Waals surface area contributed by atoms with E-state index in [2.05, 4.69) is 5.32 Å². The van der Waals surface area contributed by atoms with Crippen LogP contribution in [0.25, 0.3) is 0 Å². The van der Waals surface area contributed by atoms with Gasteiger partial charge in [0.15, 0.2) is 9.84 Å². The molecule has 3 unspecified atom stereocenters. The van der Waals surface area contributed by atoms with Crippen LogP contribution in [0.4, 0.5) is 13.6 Å². The molecule has 170 valence electrons. The van der Waals surface area contributed by atoms with Crippen LogP contribution < -0.4 is 5.32 Å². The van der Waals surface area contributed by atoms with Crippen molar-refractivity contribution in [3.05, 3.63) is 35.4 Å². The van der Waals surface area contributed by atoms with E-state index < -0.39 is 57.4 Å². The highest BCUT2D eigenvalue weighted by atomic mass is 32.2. The van der Waals surface area contributed by atoms with Crippen molar-refractivity contribution in [2.24, 2.45) is 0 Å². The van der Waals surface area contributed by atoms with Crippen molar-refractivity contribution in [3.63, 3.8) is 0 Å². The van der Waals surface area contributed by atoms with Gasteiger partial charge in [0.1, 0.15) is 23.7 Å². The van der Waals surface area contributed by atoms with E-state index in [4.69, 9.17) is 0 Å². The zero-order valence-electron chi connectivity index (χ0n) is 17.5. The number of benzene rings is 1. The summed E-state index contributed by atoms with van der Waals surface area (Å²) in [5.74, 6) is -3.32. The first-order chi connectivity index (χ1) is 14.4. The highest BCUT2D eigenvalue weighted by Crippen LogP contribution is 2.31. The average Bonchev–Trinajstić information content (AvgIpc) is 3.15. The van der Waals surface area contributed by atoms with Crippen LogP contribution in [-0.2, 0) is 25.0 Å². The molecule has 3 atom stereocenters. The van der Waals surface area contributed by atoms with E-state index in [0.29, 0.717) is 11.3 Å². The molecule has 11 heteroatoms. The molecular formula is C20H25F2N3O5S. The molecule has 31 heavy (non-hydrogen) atoms. The van der Waals surface area contributed by atoms with Crippen LogP contribution in [0.15, 0.2) is 18.2 Å². The Morgan fingerprint density at radius 2 is 2.03 bits per heavy atom. The van der Waals surface area contributed by atoms with Gasteiger partial charge in [-0.2, -0.15) is 0 Å². The van der Waals surface area contributed by atoms with Crippen molar-refractivity contribution in [2.45, 2.75) is 51.2 Å². The Labute approximate surface area is 179 Å². The predicted molar refractivity (Wildman–Crippen MR) is 108 cm³/mol. The van der Waals surface area contributed by atoms with Crippen molar-refractivity contribution < 1.29 is 31.6 Å². The molecular weight excluding hydrogens is 432 g/mol. The Hall–Kier alpha value is -2.56. The summed E-state index contributed by atoms with van der Waals surface area (Å²) in [4.78, 5) is 40.7. The summed E-state index contributed by atoms with van der Waals surface area (Å²) >= 11 is 0. The molecule has 0 saturated carbocycles. The normalized spacial score (nSPS) is 26.1. The van der Waals surface area contributed by atoms with E-state index in [1.807, 2.05) is 6.92 Å². The second kappa shape index (κ2) is 8.18. The van der Waals surface area contributed by atoms with Crippen molar-refractivity contribution in [1.29, 1.82) is 0 Å². The van der Waals surface area contributed by atoms with Crippen LogP contribution in [0, 0.1) is 11.6 Å². The Kier molecular flexibility index (Phi) is 6.09. The summed E-state index contributed by atoms with van der Waals surface area (Å²) in [6, 6.07) is 0.818. The number of sulfone groups is 1. The standard InChI is InChI=1S/C20H25F2N3O5S/c1-4-12(2)25(14-7-8-31(29,30)11-14)17(26)10-24-18(27)20(3,23-19(24)28)15-9-13(21)5-6-16(15)22/h5-6,9,12,14H,4,7-8,10-11H2,1-3H3,(H,23,28). The molecule has 4 amide bonds. The lowest BCUT2D eigenvalue weighted by Crippen LogP contribution is -2.51. The van der Waals surface area contributed by atoms with Crippen molar-refractivity contribution in [1.82, 2.24) is 15.1 Å². The van der Waals surface area contributed by atoms with Gasteiger partial charge >= 0.3 is 6.03 Å². The summed E-state index contributed by atoms with van der Waals surface area (Å²) in [5, 5.41) is 2.35. The van der Waals surface area contributed by atoms with E-state index in [1.165, 1.54) is 11.8 Å². The molecule has 1 N–H and O–H groups in total. The third-order valence-corrected chi connectivity index (χ3v) is 7.74. The van der Waals surface area contributed by atoms with Crippen molar-refractivity contribution in [3.8, 4) is 0 Å². The van der Waals surface area contributed by atoms with E-state index >= 15 is 0 Å². The Morgan fingerprint density at radius 3 is 2.61 bits per heavy atom. The van der Waals surface area contributed by atoms with Gasteiger partial charge in [-0.05, 0) is 44.9 Å². The minimum absolute atomic E-state index is 0.0298. The highest BCUT2D eigenvalue weighted by molar-refractivity contribution is 7.91. The quantitative estimate of drug-likeness (QED) is 0.653. The number of halogens is 2. The lowest BCUT2D eigenvalue weighted by atomic mass is 9.91. The molecule has 0 spiro atoms. The second-order valence-electron chi connectivity index (χ2n) is 8.19. The maximum absolute atomic E-state index is 14.3. The second-order valence-corrected chi connectivity index (χ2v) is 10.4. The Balaban J connectivity index is 1.85. The minimum atomic E-state index is -3.26. The Bertz CT molecular complexity index is 1030. The van der Waals surface area contributed by atoms with Gasteiger partial charge in [0.25, 0.3) is 5.91 Å². The number of hydrogen-bond donors (Lipinski definition) is 1. The average molecular weight is 457 g/mol. The van der Waals surface area contributed by atoms with Crippen LogP contribution in [0.5, 0.6) is 0 Å². The number of nitrogens with zero attached hydrogens (tertiary/aromatic N) is 2. The van der Waals surface area contributed by atoms with Crippen LogP contribution in [0.3, 0.4) is 0 Å². The number of amides is 4. The number of carbonyl (C=O) groups is 3. The summed E-state index contributed by atoms with van der Waals surface area (Å²) in [6.45, 7) is 4.22. The molecule has 1 aromatic rings. The third kappa shape index (κ3) is 4.28. The molecule has 8 nitrogen and oxygen atoms in total. The summed E-state index contributed by atoms with van der Waals surface area (Å²) in [5.41, 5.74) is -2.22. The van der Waals surface area contributed by atoms with Gasteiger partial charge < -0.3 is 10.2 Å². The van der Waals surface area contributed by atoms with Gasteiger partial charge in [0.2, 0.25) is 5.91 Å². The number of nitrogens with one attached hydrogen (secondary N) is 1. The van der Waals surface area contributed by atoms with Gasteiger partial charge in [-0.3, -0.25) is 14.5 Å². The van der Waals surface area contributed by atoms with Gasteiger partial charge in [-0.25, -0.2) is 22.0 Å². The van der Waals surface area contributed by atoms with E-state index in [1.54, 1.807) is 6.92 Å². The van der Waals surface area contributed by atoms with Crippen molar-refractivity contribution in [2.75, 3.05) is 18.1 Å². The van der Waals surface area contributed by atoms with E-state index in [-0.39, 0.29) is 29.5 Å². The van der Waals surface area contributed by atoms with Gasteiger partial charge in [0, 0.05) is 17.6 Å². The molecule has 2 aliphatic rings. The maximum Gasteiger partial charge on any atom is 0.325 e. The third-order valence-electron chi connectivity index (χ3n) is 5.99. The first-order valence-electron chi connectivity index (χ1n) is 10.0. The molecule has 0 bridgehead atoms. The van der Waals surface area contributed by atoms with Crippen LogP contribution in [0.1, 0.15) is 39.2 Å². The smallest absolute Gasteiger partial charge is 0.325 e. The lowest BCUT2D eigenvalue weighted by Gasteiger charge is -2.34. The summed E-state index contributed by atoms with van der Waals surface area (Å²) < 4.78 is 51.7. The predicted octanol–water partition coefficient (Wildman–Crippen LogP) is 1.55. The summed E-state index contributed by atoms with van der Waals surface area (Å²) in [7, 11) is -3.26. The number of carbonyl (C=O) groups excluding carboxylic acids is 3. The molecule has 0 aliphatic carbocycles. The first-order valence-corrected chi connectivity index (χ1v) is 11.8.